The third kappa shape index (κ3) is 2.87. The van der Waals surface area contributed by atoms with Crippen LogP contribution in [0.5, 0.6) is 0 Å². The molecule has 2 heterocycles. The molecule has 1 aromatic carbocycles. The lowest BCUT2D eigenvalue weighted by Crippen LogP contribution is -2.40. The molecular formula is C13H15N3O6S. The molecule has 2 aromatic rings. The third-order valence-electron chi connectivity index (χ3n) is 3.56. The van der Waals surface area contributed by atoms with Crippen LogP contribution in [0.1, 0.15) is 0 Å². The molecule has 2 N–H and O–H groups in total. The minimum Gasteiger partial charge on any atom is -0.408 e. The highest BCUT2D eigenvalue weighted by Gasteiger charge is 2.27. The summed E-state index contributed by atoms with van der Waals surface area (Å²) in [6.07, 6.45) is 0. The molecule has 0 unspecified atom stereocenters. The zero-order chi connectivity index (χ0) is 16.6. The van der Waals surface area contributed by atoms with Crippen LogP contribution in [0, 0.1) is 0 Å². The molecule has 1 fully saturated rings. The summed E-state index contributed by atoms with van der Waals surface area (Å²) >= 11 is 0. The van der Waals surface area contributed by atoms with E-state index in [1.54, 1.807) is 0 Å². The van der Waals surface area contributed by atoms with E-state index in [9.17, 15) is 18.0 Å². The van der Waals surface area contributed by atoms with E-state index in [4.69, 9.17) is 14.9 Å². The molecule has 1 aliphatic rings. The number of hydrogen-bond donors (Lipinski definition) is 1. The number of amides is 1. The van der Waals surface area contributed by atoms with Gasteiger partial charge in [0.05, 0.1) is 23.6 Å². The van der Waals surface area contributed by atoms with Crippen molar-refractivity contribution in [1.82, 2.24) is 8.87 Å². The molecule has 124 valence electrons. The number of carbonyl (C=O) groups excluding carboxylic acids is 1. The number of primary amides is 1. The highest BCUT2D eigenvalue weighted by atomic mass is 32.2. The van der Waals surface area contributed by atoms with Crippen LogP contribution in [-0.2, 0) is 26.1 Å². The maximum absolute atomic E-state index is 12.6. The molecule has 10 heteroatoms. The van der Waals surface area contributed by atoms with Crippen LogP contribution < -0.4 is 11.5 Å². The predicted octanol–water partition coefficient (Wildman–Crippen LogP) is -0.899. The normalized spacial score (nSPS) is 16.7. The van der Waals surface area contributed by atoms with Gasteiger partial charge in [0.2, 0.25) is 15.9 Å². The van der Waals surface area contributed by atoms with E-state index in [2.05, 4.69) is 0 Å². The van der Waals surface area contributed by atoms with Crippen molar-refractivity contribution >= 4 is 27.0 Å². The fraction of sp³-hybridized carbons (Fsp3) is 0.385. The van der Waals surface area contributed by atoms with Gasteiger partial charge in [-0.15, -0.1) is 0 Å². The Balaban J connectivity index is 2.03. The number of nitrogens with zero attached hydrogens (tertiary/aromatic N) is 2. The van der Waals surface area contributed by atoms with Crippen molar-refractivity contribution in [3.05, 3.63) is 28.7 Å². The van der Waals surface area contributed by atoms with E-state index in [0.29, 0.717) is 18.7 Å². The molecule has 0 radical (unpaired) electrons. The number of ether oxygens (including phenoxy) is 1. The molecule has 3 rings (SSSR count). The third-order valence-corrected chi connectivity index (χ3v) is 5.46. The van der Waals surface area contributed by atoms with Crippen LogP contribution in [0.25, 0.3) is 11.1 Å². The van der Waals surface area contributed by atoms with Gasteiger partial charge in [0, 0.05) is 19.2 Å². The predicted molar refractivity (Wildman–Crippen MR) is 79.2 cm³/mol. The molecule has 9 nitrogen and oxygen atoms in total. The number of morpholine rings is 1. The Morgan fingerprint density at radius 1 is 1.26 bits per heavy atom. The summed E-state index contributed by atoms with van der Waals surface area (Å²) in [6, 6.07) is 4.08. The number of oxazole rings is 1. The Morgan fingerprint density at radius 3 is 2.61 bits per heavy atom. The number of nitrogens with two attached hydrogens (primary N) is 1. The Hall–Kier alpha value is -2.17. The van der Waals surface area contributed by atoms with E-state index < -0.39 is 21.7 Å². The molecule has 0 saturated carbocycles. The molecule has 0 aliphatic carbocycles. The Morgan fingerprint density at radius 2 is 1.96 bits per heavy atom. The van der Waals surface area contributed by atoms with E-state index >= 15 is 0 Å². The topological polar surface area (TPSA) is 125 Å². The molecule has 23 heavy (non-hydrogen) atoms. The average molecular weight is 341 g/mol. The second-order valence-corrected chi connectivity index (χ2v) is 7.00. The number of benzene rings is 1. The first-order valence-electron chi connectivity index (χ1n) is 6.89. The van der Waals surface area contributed by atoms with Crippen molar-refractivity contribution in [1.29, 1.82) is 0 Å². The maximum atomic E-state index is 12.6. The summed E-state index contributed by atoms with van der Waals surface area (Å²) < 4.78 is 37.7. The minimum atomic E-state index is -3.69. The van der Waals surface area contributed by atoms with E-state index in [1.165, 1.54) is 22.5 Å². The first-order chi connectivity index (χ1) is 10.9. The van der Waals surface area contributed by atoms with Gasteiger partial charge in [-0.2, -0.15) is 4.31 Å². The molecule has 1 amide bonds. The molecule has 1 saturated heterocycles. The summed E-state index contributed by atoms with van der Waals surface area (Å²) in [5.41, 5.74) is 5.49. The van der Waals surface area contributed by atoms with Gasteiger partial charge in [-0.25, -0.2) is 13.2 Å². The summed E-state index contributed by atoms with van der Waals surface area (Å²) in [6.45, 7) is 0.887. The SMILES string of the molecule is NC(=O)Cn1c(=O)oc2cc(S(=O)(=O)N3CCOCC3)ccc21. The summed E-state index contributed by atoms with van der Waals surface area (Å²) in [5.74, 6) is -1.46. The second-order valence-electron chi connectivity index (χ2n) is 5.07. The van der Waals surface area contributed by atoms with Gasteiger partial charge in [0.15, 0.2) is 5.58 Å². The van der Waals surface area contributed by atoms with E-state index in [0.717, 1.165) is 4.57 Å². The quantitative estimate of drug-likeness (QED) is 0.768. The Kier molecular flexibility index (Phi) is 3.96. The van der Waals surface area contributed by atoms with Gasteiger partial charge in [-0.05, 0) is 12.1 Å². The highest BCUT2D eigenvalue weighted by Crippen LogP contribution is 2.22. The Labute approximate surface area is 131 Å². The monoisotopic (exact) mass is 341 g/mol. The smallest absolute Gasteiger partial charge is 0.408 e. The van der Waals surface area contributed by atoms with Gasteiger partial charge in [-0.1, -0.05) is 0 Å². The number of sulfonamides is 1. The number of carbonyl (C=O) groups is 1. The fourth-order valence-electron chi connectivity index (χ4n) is 2.45. The van der Waals surface area contributed by atoms with Crippen molar-refractivity contribution in [2.24, 2.45) is 5.73 Å². The standard InChI is InChI=1S/C13H15N3O6S/c14-12(17)8-16-10-2-1-9(7-11(10)22-13(16)18)23(19,20)15-3-5-21-6-4-15/h1-2,7H,3-6,8H2,(H2,14,17). The molecular weight excluding hydrogens is 326 g/mol. The second kappa shape index (κ2) is 5.80. The van der Waals surface area contributed by atoms with Crippen LogP contribution in [0.15, 0.2) is 32.3 Å². The number of rotatable bonds is 4. The molecule has 1 aromatic heterocycles. The van der Waals surface area contributed by atoms with Crippen molar-refractivity contribution in [2.75, 3.05) is 26.3 Å². The number of aromatic nitrogens is 1. The van der Waals surface area contributed by atoms with Gasteiger partial charge in [0.25, 0.3) is 0 Å². The van der Waals surface area contributed by atoms with E-state index in [-0.39, 0.29) is 30.1 Å². The van der Waals surface area contributed by atoms with Gasteiger partial charge in [-0.3, -0.25) is 9.36 Å². The lowest BCUT2D eigenvalue weighted by molar-refractivity contribution is -0.118. The van der Waals surface area contributed by atoms with Gasteiger partial charge >= 0.3 is 5.76 Å². The zero-order valence-electron chi connectivity index (χ0n) is 12.1. The van der Waals surface area contributed by atoms with Crippen molar-refractivity contribution < 1.29 is 22.4 Å². The maximum Gasteiger partial charge on any atom is 0.420 e. The Bertz CT molecular complexity index is 907. The lowest BCUT2D eigenvalue weighted by atomic mass is 10.3. The fourth-order valence-corrected chi connectivity index (χ4v) is 3.87. The first-order valence-corrected chi connectivity index (χ1v) is 8.33. The van der Waals surface area contributed by atoms with Crippen molar-refractivity contribution in [3.63, 3.8) is 0 Å². The van der Waals surface area contributed by atoms with Crippen molar-refractivity contribution in [2.45, 2.75) is 11.4 Å². The zero-order valence-corrected chi connectivity index (χ0v) is 12.9. The molecule has 1 aliphatic heterocycles. The van der Waals surface area contributed by atoms with Crippen molar-refractivity contribution in [3.8, 4) is 0 Å². The average Bonchev–Trinajstić information content (AvgIpc) is 2.83. The van der Waals surface area contributed by atoms with Crippen LogP contribution in [0.4, 0.5) is 0 Å². The highest BCUT2D eigenvalue weighted by molar-refractivity contribution is 7.89. The van der Waals surface area contributed by atoms with E-state index in [1.807, 2.05) is 0 Å². The van der Waals surface area contributed by atoms with Gasteiger partial charge < -0.3 is 14.9 Å². The van der Waals surface area contributed by atoms with Crippen LogP contribution >= 0.6 is 0 Å². The molecule has 0 spiro atoms. The van der Waals surface area contributed by atoms with Crippen LogP contribution in [-0.4, -0.2) is 49.5 Å². The summed E-state index contributed by atoms with van der Waals surface area (Å²) in [5, 5.41) is 0. The lowest BCUT2D eigenvalue weighted by Gasteiger charge is -2.25. The van der Waals surface area contributed by atoms with Gasteiger partial charge in [0.1, 0.15) is 6.54 Å². The molecule has 0 atom stereocenters. The summed E-state index contributed by atoms with van der Waals surface area (Å²) in [4.78, 5) is 22.8. The largest absolute Gasteiger partial charge is 0.420 e. The number of fused-ring (bicyclic) bond motifs is 1. The summed E-state index contributed by atoms with van der Waals surface area (Å²) in [7, 11) is -3.69. The molecule has 0 bridgehead atoms. The van der Waals surface area contributed by atoms with Crippen LogP contribution in [0.2, 0.25) is 0 Å². The number of hydrogen-bond acceptors (Lipinski definition) is 6. The van der Waals surface area contributed by atoms with Crippen LogP contribution in [0.3, 0.4) is 0 Å². The first kappa shape index (κ1) is 15.7. The minimum absolute atomic E-state index is 0.0203.